The maximum absolute atomic E-state index is 12.5. The minimum absolute atomic E-state index is 0.0447. The van der Waals surface area contributed by atoms with E-state index in [-0.39, 0.29) is 23.5 Å². The Morgan fingerprint density at radius 1 is 1.30 bits per heavy atom. The molecule has 20 heavy (non-hydrogen) atoms. The molecule has 1 aliphatic heterocycles. The van der Waals surface area contributed by atoms with Crippen molar-refractivity contribution in [3.05, 3.63) is 58.4 Å². The van der Waals surface area contributed by atoms with Crippen LogP contribution in [0.3, 0.4) is 0 Å². The Labute approximate surface area is 114 Å². The summed E-state index contributed by atoms with van der Waals surface area (Å²) < 4.78 is 5.58. The van der Waals surface area contributed by atoms with Gasteiger partial charge in [0.2, 0.25) is 0 Å². The Morgan fingerprint density at radius 2 is 2.05 bits per heavy atom. The summed E-state index contributed by atoms with van der Waals surface area (Å²) in [5, 5.41) is 9.31. The van der Waals surface area contributed by atoms with Gasteiger partial charge in [-0.3, -0.25) is 9.78 Å². The van der Waals surface area contributed by atoms with E-state index in [1.165, 1.54) is 6.20 Å². The number of aromatic carboxylic acids is 1. The molecule has 0 aliphatic carbocycles. The second kappa shape index (κ2) is 4.45. The van der Waals surface area contributed by atoms with Gasteiger partial charge in [0.05, 0.1) is 16.8 Å². The number of carboxylic acid groups (broad SMARTS) is 1. The maximum atomic E-state index is 12.5. The molecule has 3 rings (SSSR count). The molecule has 0 atom stereocenters. The van der Waals surface area contributed by atoms with Gasteiger partial charge in [-0.2, -0.15) is 0 Å². The summed E-state index contributed by atoms with van der Waals surface area (Å²) >= 11 is 0. The van der Waals surface area contributed by atoms with Crippen LogP contribution in [0.1, 0.15) is 37.5 Å². The maximum Gasteiger partial charge on any atom is 0.337 e. The first kappa shape index (κ1) is 12.3. The molecule has 2 heterocycles. The normalized spacial score (nSPS) is 12.9. The van der Waals surface area contributed by atoms with Crippen LogP contribution < -0.4 is 4.74 Å². The Kier molecular flexibility index (Phi) is 2.75. The zero-order chi connectivity index (χ0) is 14.3. The average Bonchev–Trinajstić information content (AvgIpc) is 2.57. The second-order valence-electron chi connectivity index (χ2n) is 4.53. The highest BCUT2D eigenvalue weighted by molar-refractivity contribution is 6.13. The van der Waals surface area contributed by atoms with E-state index >= 15 is 0 Å². The summed E-state index contributed by atoms with van der Waals surface area (Å²) in [5.74, 6) is -0.903. The lowest BCUT2D eigenvalue weighted by molar-refractivity contribution is 0.0692. The smallest absolute Gasteiger partial charge is 0.337 e. The van der Waals surface area contributed by atoms with E-state index in [1.807, 2.05) is 0 Å². The first-order chi connectivity index (χ1) is 9.59. The fourth-order valence-electron chi connectivity index (χ4n) is 2.36. The second-order valence-corrected chi connectivity index (χ2v) is 4.53. The Bertz CT molecular complexity index is 737. The van der Waals surface area contributed by atoms with Crippen molar-refractivity contribution in [3.8, 4) is 5.75 Å². The van der Waals surface area contributed by atoms with E-state index in [0.29, 0.717) is 22.6 Å². The van der Waals surface area contributed by atoms with Crippen molar-refractivity contribution in [3.63, 3.8) is 0 Å². The predicted molar refractivity (Wildman–Crippen MR) is 70.1 cm³/mol. The summed E-state index contributed by atoms with van der Waals surface area (Å²) in [7, 11) is 0. The third kappa shape index (κ3) is 1.75. The SMILES string of the molecule is Cc1ncc2c(c1C(=O)O)COc1ccccc1C2=O. The zero-order valence-electron chi connectivity index (χ0n) is 10.7. The summed E-state index contributed by atoms with van der Waals surface area (Å²) in [5.41, 5.74) is 1.51. The van der Waals surface area contributed by atoms with E-state index < -0.39 is 5.97 Å². The standard InChI is InChI=1S/C15H11NO4/c1-8-13(15(18)19)11-7-20-12-5-3-2-4-9(12)14(17)10(11)6-16-8/h2-6H,7H2,1H3,(H,18,19). The number of para-hydroxylation sites is 1. The lowest BCUT2D eigenvalue weighted by Gasteiger charge is -2.10. The van der Waals surface area contributed by atoms with Crippen LogP contribution >= 0.6 is 0 Å². The molecule has 0 spiro atoms. The van der Waals surface area contributed by atoms with Gasteiger partial charge in [0.25, 0.3) is 0 Å². The van der Waals surface area contributed by atoms with Crippen LogP contribution in [0.5, 0.6) is 5.75 Å². The molecule has 2 aromatic rings. The summed E-state index contributed by atoms with van der Waals surface area (Å²) in [6.07, 6.45) is 1.42. The first-order valence-electron chi connectivity index (χ1n) is 6.08. The van der Waals surface area contributed by atoms with Crippen molar-refractivity contribution < 1.29 is 19.4 Å². The Balaban J connectivity index is 2.26. The number of hydrogen-bond acceptors (Lipinski definition) is 4. The Hall–Kier alpha value is -2.69. The van der Waals surface area contributed by atoms with Gasteiger partial charge in [-0.1, -0.05) is 12.1 Å². The highest BCUT2D eigenvalue weighted by Gasteiger charge is 2.27. The predicted octanol–water partition coefficient (Wildman–Crippen LogP) is 2.21. The van der Waals surface area contributed by atoms with Gasteiger partial charge >= 0.3 is 5.97 Å². The van der Waals surface area contributed by atoms with Crippen molar-refractivity contribution in [2.75, 3.05) is 0 Å². The fraction of sp³-hybridized carbons (Fsp3) is 0.133. The summed E-state index contributed by atoms with van der Waals surface area (Å²) in [6.45, 7) is 1.65. The lowest BCUT2D eigenvalue weighted by atomic mass is 9.96. The van der Waals surface area contributed by atoms with E-state index in [1.54, 1.807) is 31.2 Å². The molecule has 0 radical (unpaired) electrons. The van der Waals surface area contributed by atoms with E-state index in [2.05, 4.69) is 4.98 Å². The Morgan fingerprint density at radius 3 is 2.80 bits per heavy atom. The molecule has 1 N–H and O–H groups in total. The number of ether oxygens (including phenoxy) is 1. The zero-order valence-corrected chi connectivity index (χ0v) is 10.7. The van der Waals surface area contributed by atoms with Crippen molar-refractivity contribution in [2.45, 2.75) is 13.5 Å². The minimum atomic E-state index is -1.10. The van der Waals surface area contributed by atoms with Crippen molar-refractivity contribution in [2.24, 2.45) is 0 Å². The number of rotatable bonds is 1. The van der Waals surface area contributed by atoms with Crippen LogP contribution in [0.4, 0.5) is 0 Å². The van der Waals surface area contributed by atoms with Crippen molar-refractivity contribution >= 4 is 11.8 Å². The van der Waals surface area contributed by atoms with E-state index in [4.69, 9.17) is 4.74 Å². The quantitative estimate of drug-likeness (QED) is 0.858. The van der Waals surface area contributed by atoms with Crippen LogP contribution in [-0.4, -0.2) is 21.8 Å². The largest absolute Gasteiger partial charge is 0.488 e. The van der Waals surface area contributed by atoms with Crippen LogP contribution in [0.15, 0.2) is 30.5 Å². The summed E-state index contributed by atoms with van der Waals surface area (Å²) in [4.78, 5) is 27.9. The third-order valence-electron chi connectivity index (χ3n) is 3.34. The number of benzene rings is 1. The van der Waals surface area contributed by atoms with Gasteiger partial charge in [0.15, 0.2) is 5.78 Å². The first-order valence-corrected chi connectivity index (χ1v) is 6.08. The molecule has 0 fully saturated rings. The number of pyridine rings is 1. The van der Waals surface area contributed by atoms with Crippen LogP contribution in [0.25, 0.3) is 0 Å². The molecular weight excluding hydrogens is 258 g/mol. The number of ketones is 1. The van der Waals surface area contributed by atoms with Crippen LogP contribution in [-0.2, 0) is 6.61 Å². The highest BCUT2D eigenvalue weighted by atomic mass is 16.5. The number of aryl methyl sites for hydroxylation is 1. The van der Waals surface area contributed by atoms with Crippen LogP contribution in [0.2, 0.25) is 0 Å². The van der Waals surface area contributed by atoms with Crippen molar-refractivity contribution in [1.82, 2.24) is 4.98 Å². The van der Waals surface area contributed by atoms with Gasteiger partial charge in [-0.25, -0.2) is 4.79 Å². The van der Waals surface area contributed by atoms with Gasteiger partial charge in [0, 0.05) is 17.3 Å². The molecule has 1 aromatic carbocycles. The lowest BCUT2D eigenvalue weighted by Crippen LogP contribution is -2.13. The number of fused-ring (bicyclic) bond motifs is 2. The van der Waals surface area contributed by atoms with Crippen molar-refractivity contribution in [1.29, 1.82) is 0 Å². The summed E-state index contributed by atoms with van der Waals surface area (Å²) in [6, 6.07) is 6.86. The van der Waals surface area contributed by atoms with Gasteiger partial charge in [-0.05, 0) is 19.1 Å². The van der Waals surface area contributed by atoms with Gasteiger partial charge in [-0.15, -0.1) is 0 Å². The topological polar surface area (TPSA) is 76.5 Å². The van der Waals surface area contributed by atoms with E-state index in [0.717, 1.165) is 0 Å². The fourth-order valence-corrected chi connectivity index (χ4v) is 2.36. The monoisotopic (exact) mass is 269 g/mol. The number of carbonyl (C=O) groups excluding carboxylic acids is 1. The van der Waals surface area contributed by atoms with Gasteiger partial charge in [0.1, 0.15) is 12.4 Å². The average molecular weight is 269 g/mol. The van der Waals surface area contributed by atoms with E-state index in [9.17, 15) is 14.7 Å². The number of aromatic nitrogens is 1. The highest BCUT2D eigenvalue weighted by Crippen LogP contribution is 2.30. The molecule has 1 aliphatic rings. The molecule has 100 valence electrons. The molecule has 5 heteroatoms. The number of hydrogen-bond donors (Lipinski definition) is 1. The number of nitrogens with zero attached hydrogens (tertiary/aromatic N) is 1. The molecular formula is C15H11NO4. The number of carbonyl (C=O) groups is 2. The molecule has 0 saturated heterocycles. The molecule has 5 nitrogen and oxygen atoms in total. The minimum Gasteiger partial charge on any atom is -0.488 e. The molecule has 0 bridgehead atoms. The molecule has 0 saturated carbocycles. The third-order valence-corrected chi connectivity index (χ3v) is 3.34. The number of carboxylic acids is 1. The molecule has 0 amide bonds. The molecule has 1 aromatic heterocycles. The van der Waals surface area contributed by atoms with Gasteiger partial charge < -0.3 is 9.84 Å². The molecule has 0 unspecified atom stereocenters. The van der Waals surface area contributed by atoms with Crippen LogP contribution in [0, 0.1) is 6.92 Å².